The van der Waals surface area contributed by atoms with Crippen molar-refractivity contribution in [2.24, 2.45) is 5.73 Å². The van der Waals surface area contributed by atoms with Crippen molar-refractivity contribution in [2.45, 2.75) is 4.90 Å². The van der Waals surface area contributed by atoms with Gasteiger partial charge >= 0.3 is 0 Å². The summed E-state index contributed by atoms with van der Waals surface area (Å²) in [4.78, 5) is 42.2. The predicted octanol–water partition coefficient (Wildman–Crippen LogP) is 4.03. The Morgan fingerprint density at radius 3 is 2.84 bits per heavy atom. The second-order valence-corrected chi connectivity index (χ2v) is 8.30. The Kier molecular flexibility index (Phi) is 5.69. The largest absolute Gasteiger partial charge is 0.366 e. The minimum atomic E-state index is -0.757. The summed E-state index contributed by atoms with van der Waals surface area (Å²) in [5.41, 5.74) is 7.60. The van der Waals surface area contributed by atoms with Gasteiger partial charge in [0.15, 0.2) is 5.13 Å². The minimum Gasteiger partial charge on any atom is -0.366 e. The summed E-state index contributed by atoms with van der Waals surface area (Å²) in [7, 11) is 0. The number of benzene rings is 2. The van der Waals surface area contributed by atoms with Gasteiger partial charge in [0, 0.05) is 39.7 Å². The summed E-state index contributed by atoms with van der Waals surface area (Å²) in [6.07, 6.45) is 1.87. The summed E-state index contributed by atoms with van der Waals surface area (Å²) in [6.45, 7) is 0. The number of rotatable bonds is 7. The number of carbonyl (C=O) groups excluding carboxylic acids is 2. The van der Waals surface area contributed by atoms with E-state index in [0.29, 0.717) is 5.13 Å². The molecule has 0 fully saturated rings. The first kappa shape index (κ1) is 20.6. The lowest BCUT2D eigenvalue weighted by atomic mass is 10.1. The second-order valence-electron chi connectivity index (χ2n) is 6.43. The van der Waals surface area contributed by atoms with Gasteiger partial charge in [-0.2, -0.15) is 0 Å². The van der Waals surface area contributed by atoms with Crippen LogP contribution in [0.25, 0.3) is 22.2 Å². The molecule has 0 unspecified atom stereocenters. The first-order valence-corrected chi connectivity index (χ1v) is 10.8. The van der Waals surface area contributed by atoms with Crippen LogP contribution in [0, 0.1) is 10.1 Å². The van der Waals surface area contributed by atoms with E-state index in [1.165, 1.54) is 23.5 Å². The fourth-order valence-electron chi connectivity index (χ4n) is 2.97. The number of nitrogens with two attached hydrogens (primary N) is 1. The van der Waals surface area contributed by atoms with Crippen LogP contribution >= 0.6 is 23.1 Å². The number of fused-ring (bicyclic) bond motifs is 1. The van der Waals surface area contributed by atoms with Crippen molar-refractivity contribution in [2.75, 3.05) is 11.1 Å². The third-order valence-electron chi connectivity index (χ3n) is 4.41. The van der Waals surface area contributed by atoms with Gasteiger partial charge in [-0.3, -0.25) is 19.7 Å². The van der Waals surface area contributed by atoms with Crippen molar-refractivity contribution >= 4 is 56.6 Å². The number of nitrogens with one attached hydrogen (secondary N) is 2. The molecular formula is C20H15N5O4S2. The number of anilines is 1. The van der Waals surface area contributed by atoms with E-state index in [1.807, 2.05) is 35.8 Å². The summed E-state index contributed by atoms with van der Waals surface area (Å²) in [5.74, 6) is -1.16. The van der Waals surface area contributed by atoms with Crippen molar-refractivity contribution in [3.8, 4) is 11.3 Å². The standard InChI is InChI=1S/C20H15N5O4S2/c21-19(27)11-5-6-17(16(7-11)25(28)29)30-10-18(26)24-20-23-15(9-31-20)13-8-22-14-4-2-1-3-12(13)14/h1-9,22H,10H2,(H2,21,27)(H,23,24,26). The van der Waals surface area contributed by atoms with Crippen LogP contribution in [0.4, 0.5) is 10.8 Å². The summed E-state index contributed by atoms with van der Waals surface area (Å²) >= 11 is 2.29. The summed E-state index contributed by atoms with van der Waals surface area (Å²) in [6, 6.07) is 11.8. The van der Waals surface area contributed by atoms with E-state index in [-0.39, 0.29) is 27.8 Å². The van der Waals surface area contributed by atoms with Crippen LogP contribution in [0.2, 0.25) is 0 Å². The summed E-state index contributed by atoms with van der Waals surface area (Å²) in [5, 5.41) is 17.3. The van der Waals surface area contributed by atoms with Crippen LogP contribution in [0.15, 0.2) is 58.9 Å². The van der Waals surface area contributed by atoms with Crippen LogP contribution in [0.1, 0.15) is 10.4 Å². The maximum absolute atomic E-state index is 12.3. The highest BCUT2D eigenvalue weighted by atomic mass is 32.2. The molecule has 0 aliphatic carbocycles. The molecule has 0 radical (unpaired) electrons. The highest BCUT2D eigenvalue weighted by Crippen LogP contribution is 2.32. The Morgan fingerprint density at radius 2 is 2.06 bits per heavy atom. The second kappa shape index (κ2) is 8.58. The molecule has 0 atom stereocenters. The molecule has 2 aromatic heterocycles. The normalized spacial score (nSPS) is 10.8. The molecule has 0 spiro atoms. The molecule has 2 aromatic carbocycles. The van der Waals surface area contributed by atoms with Gasteiger partial charge in [0.2, 0.25) is 11.8 Å². The molecule has 2 amide bonds. The van der Waals surface area contributed by atoms with Crippen molar-refractivity contribution < 1.29 is 14.5 Å². The molecular weight excluding hydrogens is 438 g/mol. The topological polar surface area (TPSA) is 144 Å². The lowest BCUT2D eigenvalue weighted by Gasteiger charge is -2.04. The van der Waals surface area contributed by atoms with Crippen LogP contribution in [-0.2, 0) is 4.79 Å². The zero-order chi connectivity index (χ0) is 22.0. The SMILES string of the molecule is NC(=O)c1ccc(SCC(=O)Nc2nc(-c3c[nH]c4ccccc34)cs2)c([N+](=O)[O-])c1. The van der Waals surface area contributed by atoms with E-state index >= 15 is 0 Å². The molecule has 4 aromatic rings. The fraction of sp³-hybridized carbons (Fsp3) is 0.0500. The zero-order valence-corrected chi connectivity index (χ0v) is 17.5. The average Bonchev–Trinajstić information content (AvgIpc) is 3.38. The minimum absolute atomic E-state index is 0.0353. The van der Waals surface area contributed by atoms with E-state index in [4.69, 9.17) is 5.73 Å². The molecule has 31 heavy (non-hydrogen) atoms. The number of hydrogen-bond donors (Lipinski definition) is 3. The van der Waals surface area contributed by atoms with Gasteiger partial charge in [-0.05, 0) is 18.2 Å². The molecule has 0 saturated carbocycles. The van der Waals surface area contributed by atoms with Crippen LogP contribution in [-0.4, -0.2) is 32.5 Å². The number of thiazole rings is 1. The number of nitro benzene ring substituents is 1. The molecule has 0 aliphatic heterocycles. The van der Waals surface area contributed by atoms with Crippen molar-refractivity contribution in [3.05, 3.63) is 69.7 Å². The maximum Gasteiger partial charge on any atom is 0.283 e. The van der Waals surface area contributed by atoms with Crippen LogP contribution in [0.3, 0.4) is 0 Å². The molecule has 156 valence electrons. The van der Waals surface area contributed by atoms with E-state index in [1.54, 1.807) is 0 Å². The van der Waals surface area contributed by atoms with Gasteiger partial charge in [-0.1, -0.05) is 18.2 Å². The Morgan fingerprint density at radius 1 is 1.26 bits per heavy atom. The lowest BCUT2D eigenvalue weighted by molar-refractivity contribution is -0.387. The van der Waals surface area contributed by atoms with Crippen LogP contribution in [0.5, 0.6) is 0 Å². The maximum atomic E-state index is 12.3. The van der Waals surface area contributed by atoms with Crippen molar-refractivity contribution in [1.29, 1.82) is 0 Å². The molecule has 9 nitrogen and oxygen atoms in total. The number of hydrogen-bond acceptors (Lipinski definition) is 7. The fourth-order valence-corrected chi connectivity index (χ4v) is 4.50. The highest BCUT2D eigenvalue weighted by Gasteiger charge is 2.18. The van der Waals surface area contributed by atoms with Crippen molar-refractivity contribution in [3.63, 3.8) is 0 Å². The third kappa shape index (κ3) is 4.42. The average molecular weight is 454 g/mol. The van der Waals surface area contributed by atoms with E-state index < -0.39 is 10.8 Å². The number of carbonyl (C=O) groups is 2. The number of H-pyrrole nitrogens is 1. The monoisotopic (exact) mass is 453 g/mol. The molecule has 0 bridgehead atoms. The first-order valence-electron chi connectivity index (χ1n) is 8.95. The number of para-hydroxylation sites is 1. The van der Waals surface area contributed by atoms with Gasteiger partial charge < -0.3 is 16.0 Å². The molecule has 2 heterocycles. The molecule has 4 rings (SSSR count). The Bertz CT molecular complexity index is 1310. The number of nitrogens with zero attached hydrogens (tertiary/aromatic N) is 2. The quantitative estimate of drug-likeness (QED) is 0.219. The Balaban J connectivity index is 1.43. The summed E-state index contributed by atoms with van der Waals surface area (Å²) < 4.78 is 0. The number of primary amides is 1. The number of nitro groups is 1. The molecule has 0 aliphatic rings. The van der Waals surface area contributed by atoms with Gasteiger partial charge in [-0.25, -0.2) is 4.98 Å². The van der Waals surface area contributed by atoms with Gasteiger partial charge in [0.25, 0.3) is 5.69 Å². The molecule has 0 saturated heterocycles. The number of aromatic nitrogens is 2. The van der Waals surface area contributed by atoms with Crippen molar-refractivity contribution in [1.82, 2.24) is 9.97 Å². The van der Waals surface area contributed by atoms with Crippen LogP contribution < -0.4 is 11.1 Å². The highest BCUT2D eigenvalue weighted by molar-refractivity contribution is 8.00. The van der Waals surface area contributed by atoms with Gasteiger partial charge in [-0.15, -0.1) is 23.1 Å². The predicted molar refractivity (Wildman–Crippen MR) is 120 cm³/mol. The van der Waals surface area contributed by atoms with E-state index in [2.05, 4.69) is 15.3 Å². The third-order valence-corrected chi connectivity index (χ3v) is 6.24. The molecule has 4 N–H and O–H groups in total. The lowest BCUT2D eigenvalue weighted by Crippen LogP contribution is -2.14. The van der Waals surface area contributed by atoms with Gasteiger partial charge in [0.1, 0.15) is 0 Å². The first-order chi connectivity index (χ1) is 14.9. The molecule has 11 heteroatoms. The Hall–Kier alpha value is -3.70. The number of amides is 2. The van der Waals surface area contributed by atoms with E-state index in [9.17, 15) is 19.7 Å². The van der Waals surface area contributed by atoms with E-state index in [0.717, 1.165) is 40.0 Å². The Labute approximate surface area is 183 Å². The number of aromatic amines is 1. The zero-order valence-electron chi connectivity index (χ0n) is 15.8. The number of thioether (sulfide) groups is 1. The van der Waals surface area contributed by atoms with Gasteiger partial charge in [0.05, 0.1) is 21.3 Å². The smallest absolute Gasteiger partial charge is 0.283 e.